The van der Waals surface area contributed by atoms with Crippen LogP contribution < -0.4 is 0 Å². The number of carbonyl (C=O) groups is 1. The van der Waals surface area contributed by atoms with Gasteiger partial charge in [0.25, 0.3) is 0 Å². The number of benzene rings is 1. The minimum Gasteiger partial charge on any atom is -0.467 e. The van der Waals surface area contributed by atoms with Crippen molar-refractivity contribution >= 4 is 29.2 Å². The second-order valence-corrected chi connectivity index (χ2v) is 3.59. The van der Waals surface area contributed by atoms with Crippen molar-refractivity contribution in [2.75, 3.05) is 14.2 Å². The van der Waals surface area contributed by atoms with Gasteiger partial charge in [-0.25, -0.2) is 4.79 Å². The number of hydrogen-bond donors (Lipinski definition) is 0. The SMILES string of the molecule is COC(=O)C(OC)c1c(Cl)cccc1Cl. The molecule has 1 atom stereocenters. The van der Waals surface area contributed by atoms with Crippen LogP contribution in [0.5, 0.6) is 0 Å². The highest BCUT2D eigenvalue weighted by atomic mass is 35.5. The van der Waals surface area contributed by atoms with Gasteiger partial charge in [-0.15, -0.1) is 0 Å². The van der Waals surface area contributed by atoms with E-state index in [-0.39, 0.29) is 0 Å². The Bertz CT molecular complexity index is 345. The van der Waals surface area contributed by atoms with E-state index in [1.54, 1.807) is 18.2 Å². The zero-order chi connectivity index (χ0) is 11.4. The Morgan fingerprint density at radius 1 is 1.27 bits per heavy atom. The molecule has 0 spiro atoms. The van der Waals surface area contributed by atoms with Crippen molar-refractivity contribution in [1.82, 2.24) is 0 Å². The fraction of sp³-hybridized carbons (Fsp3) is 0.300. The van der Waals surface area contributed by atoms with Crippen molar-refractivity contribution in [3.63, 3.8) is 0 Å². The smallest absolute Gasteiger partial charge is 0.339 e. The lowest BCUT2D eigenvalue weighted by Crippen LogP contribution is -2.16. The maximum atomic E-state index is 11.4. The third-order valence-corrected chi connectivity index (χ3v) is 2.57. The molecule has 5 heteroatoms. The number of rotatable bonds is 3. The van der Waals surface area contributed by atoms with E-state index in [0.717, 1.165) is 0 Å². The van der Waals surface area contributed by atoms with Crippen LogP contribution in [-0.2, 0) is 14.3 Å². The van der Waals surface area contributed by atoms with Crippen molar-refractivity contribution in [2.45, 2.75) is 6.10 Å². The average molecular weight is 249 g/mol. The summed E-state index contributed by atoms with van der Waals surface area (Å²) in [4.78, 5) is 11.4. The molecule has 0 aromatic heterocycles. The van der Waals surface area contributed by atoms with Crippen LogP contribution in [0.2, 0.25) is 10.0 Å². The van der Waals surface area contributed by atoms with Crippen LogP contribution in [-0.4, -0.2) is 20.2 Å². The first-order chi connectivity index (χ1) is 7.11. The van der Waals surface area contributed by atoms with Gasteiger partial charge in [0, 0.05) is 22.7 Å². The van der Waals surface area contributed by atoms with E-state index in [2.05, 4.69) is 4.74 Å². The monoisotopic (exact) mass is 248 g/mol. The van der Waals surface area contributed by atoms with Gasteiger partial charge in [0.1, 0.15) is 0 Å². The van der Waals surface area contributed by atoms with E-state index in [9.17, 15) is 4.79 Å². The molecule has 0 saturated heterocycles. The fourth-order valence-corrected chi connectivity index (χ4v) is 1.80. The van der Waals surface area contributed by atoms with Crippen molar-refractivity contribution in [1.29, 1.82) is 0 Å². The maximum Gasteiger partial charge on any atom is 0.339 e. The molecule has 0 N–H and O–H groups in total. The summed E-state index contributed by atoms with van der Waals surface area (Å²) in [5.74, 6) is -0.535. The molecule has 82 valence electrons. The van der Waals surface area contributed by atoms with Gasteiger partial charge >= 0.3 is 5.97 Å². The number of halogens is 2. The van der Waals surface area contributed by atoms with E-state index < -0.39 is 12.1 Å². The molecule has 0 aliphatic heterocycles. The Morgan fingerprint density at radius 3 is 2.20 bits per heavy atom. The minimum atomic E-state index is -0.892. The summed E-state index contributed by atoms with van der Waals surface area (Å²) in [5.41, 5.74) is 0.426. The predicted octanol–water partition coefficient (Wildman–Crippen LogP) is 2.85. The Morgan fingerprint density at radius 2 is 1.80 bits per heavy atom. The van der Waals surface area contributed by atoms with Crippen LogP contribution in [0.1, 0.15) is 11.7 Å². The standard InChI is InChI=1S/C10H10Cl2O3/c1-14-9(10(13)15-2)8-6(11)4-3-5-7(8)12/h3-5,9H,1-2H3. The van der Waals surface area contributed by atoms with Crippen LogP contribution in [0.15, 0.2) is 18.2 Å². The van der Waals surface area contributed by atoms with Gasteiger partial charge in [-0.05, 0) is 12.1 Å². The van der Waals surface area contributed by atoms with Gasteiger partial charge < -0.3 is 9.47 Å². The van der Waals surface area contributed by atoms with Crippen LogP contribution in [0.3, 0.4) is 0 Å². The molecule has 15 heavy (non-hydrogen) atoms. The quantitative estimate of drug-likeness (QED) is 0.772. The van der Waals surface area contributed by atoms with Crippen LogP contribution in [0.25, 0.3) is 0 Å². The highest BCUT2D eigenvalue weighted by Gasteiger charge is 2.25. The summed E-state index contributed by atoms with van der Waals surface area (Å²) < 4.78 is 9.59. The Balaban J connectivity index is 3.17. The molecule has 0 radical (unpaired) electrons. The molecule has 0 aliphatic carbocycles. The average Bonchev–Trinajstić information content (AvgIpc) is 2.22. The summed E-state index contributed by atoms with van der Waals surface area (Å²) >= 11 is 11.9. The lowest BCUT2D eigenvalue weighted by Gasteiger charge is -2.15. The van der Waals surface area contributed by atoms with E-state index >= 15 is 0 Å². The van der Waals surface area contributed by atoms with Gasteiger partial charge in [0.05, 0.1) is 7.11 Å². The largest absolute Gasteiger partial charge is 0.467 e. The molecule has 0 aliphatic rings. The Labute approximate surface area is 97.9 Å². The Kier molecular flexibility index (Phi) is 4.39. The molecule has 0 saturated carbocycles. The van der Waals surface area contributed by atoms with Gasteiger partial charge in [0.2, 0.25) is 0 Å². The highest BCUT2D eigenvalue weighted by molar-refractivity contribution is 6.36. The molecule has 1 unspecified atom stereocenters. The van der Waals surface area contributed by atoms with Crippen LogP contribution >= 0.6 is 23.2 Å². The zero-order valence-corrected chi connectivity index (χ0v) is 9.80. The summed E-state index contributed by atoms with van der Waals surface area (Å²) in [6.45, 7) is 0. The van der Waals surface area contributed by atoms with Crippen molar-refractivity contribution in [3.05, 3.63) is 33.8 Å². The summed E-state index contributed by atoms with van der Waals surface area (Å²) in [7, 11) is 2.67. The third-order valence-electron chi connectivity index (χ3n) is 1.91. The minimum absolute atomic E-state index is 0.375. The third kappa shape index (κ3) is 2.62. The number of methoxy groups -OCH3 is 2. The van der Waals surface area contributed by atoms with Gasteiger partial charge in [0.15, 0.2) is 6.10 Å². The summed E-state index contributed by atoms with van der Waals surface area (Å²) in [5, 5.41) is 0.750. The maximum absolute atomic E-state index is 11.4. The van der Waals surface area contributed by atoms with Crippen LogP contribution in [0.4, 0.5) is 0 Å². The van der Waals surface area contributed by atoms with E-state index in [4.69, 9.17) is 27.9 Å². The first-order valence-electron chi connectivity index (χ1n) is 4.16. The van der Waals surface area contributed by atoms with Gasteiger partial charge in [-0.2, -0.15) is 0 Å². The molecular formula is C10H10Cl2O3. The second kappa shape index (κ2) is 5.35. The van der Waals surface area contributed by atoms with E-state index in [1.165, 1.54) is 14.2 Å². The van der Waals surface area contributed by atoms with Gasteiger partial charge in [-0.3, -0.25) is 0 Å². The topological polar surface area (TPSA) is 35.5 Å². The molecule has 0 heterocycles. The fourth-order valence-electron chi connectivity index (χ4n) is 1.20. The van der Waals surface area contributed by atoms with Crippen molar-refractivity contribution in [3.8, 4) is 0 Å². The zero-order valence-electron chi connectivity index (χ0n) is 8.29. The molecule has 0 fully saturated rings. The first kappa shape index (κ1) is 12.3. The molecule has 3 nitrogen and oxygen atoms in total. The lowest BCUT2D eigenvalue weighted by molar-refractivity contribution is -0.152. The van der Waals surface area contributed by atoms with Crippen molar-refractivity contribution < 1.29 is 14.3 Å². The molecule has 0 amide bonds. The van der Waals surface area contributed by atoms with Crippen LogP contribution in [0, 0.1) is 0 Å². The van der Waals surface area contributed by atoms with E-state index in [0.29, 0.717) is 15.6 Å². The lowest BCUT2D eigenvalue weighted by atomic mass is 10.1. The normalized spacial score (nSPS) is 12.3. The number of esters is 1. The molecule has 1 aromatic rings. The summed E-state index contributed by atoms with van der Waals surface area (Å²) in [6.07, 6.45) is -0.892. The first-order valence-corrected chi connectivity index (χ1v) is 4.92. The Hall–Kier alpha value is -0.770. The molecule has 1 rings (SSSR count). The molecule has 0 bridgehead atoms. The molecule has 1 aromatic carbocycles. The second-order valence-electron chi connectivity index (χ2n) is 2.77. The summed E-state index contributed by atoms with van der Waals surface area (Å²) in [6, 6.07) is 4.97. The number of hydrogen-bond acceptors (Lipinski definition) is 3. The predicted molar refractivity (Wildman–Crippen MR) is 58.2 cm³/mol. The van der Waals surface area contributed by atoms with E-state index in [1.807, 2.05) is 0 Å². The number of carbonyl (C=O) groups excluding carboxylic acids is 1. The van der Waals surface area contributed by atoms with Crippen molar-refractivity contribution in [2.24, 2.45) is 0 Å². The highest BCUT2D eigenvalue weighted by Crippen LogP contribution is 2.32. The molecular weight excluding hydrogens is 239 g/mol. The number of ether oxygens (including phenoxy) is 2. The van der Waals surface area contributed by atoms with Gasteiger partial charge in [-0.1, -0.05) is 29.3 Å².